The molecule has 0 radical (unpaired) electrons. The van der Waals surface area contributed by atoms with E-state index in [9.17, 15) is 4.89 Å². The largest absolute Gasteiger partial charge is 0.345 e. The Hall–Kier alpha value is 0.570. The third kappa shape index (κ3) is 11.0. The van der Waals surface area contributed by atoms with Gasteiger partial charge in [-0.25, -0.2) is 0 Å². The van der Waals surface area contributed by atoms with Crippen molar-refractivity contribution in [3.05, 3.63) is 0 Å². The first kappa shape index (κ1) is 17.6. The van der Waals surface area contributed by atoms with Gasteiger partial charge in [-0.05, 0) is 36.5 Å². The Morgan fingerprint density at radius 3 is 2.00 bits per heavy atom. The lowest BCUT2D eigenvalue weighted by Crippen LogP contribution is -1.91. The first-order chi connectivity index (χ1) is 8.99. The van der Waals surface area contributed by atoms with Gasteiger partial charge in [0.15, 0.2) is 6.49 Å². The molecular formula is C15H31O2PS. The second-order valence-electron chi connectivity index (χ2n) is 6.23. The molecule has 3 atom stereocenters. The highest BCUT2D eigenvalue weighted by Crippen LogP contribution is 2.41. The number of rotatable bonds is 12. The Balaban J connectivity index is 1.70. The molecule has 1 saturated carbocycles. The van der Waals surface area contributed by atoms with Gasteiger partial charge in [0.25, 0.3) is 0 Å². The second-order valence-corrected chi connectivity index (χ2v) is 10.1. The van der Waals surface area contributed by atoms with E-state index in [1.165, 1.54) is 57.8 Å². The lowest BCUT2D eigenvalue weighted by molar-refractivity contribution is 0.299. The molecule has 3 unspecified atom stereocenters. The van der Waals surface area contributed by atoms with Crippen LogP contribution in [0.5, 0.6) is 0 Å². The summed E-state index contributed by atoms with van der Waals surface area (Å²) < 4.78 is 5.21. The van der Waals surface area contributed by atoms with E-state index < -0.39 is 6.49 Å². The van der Waals surface area contributed by atoms with Crippen molar-refractivity contribution in [3.8, 4) is 0 Å². The van der Waals surface area contributed by atoms with Crippen molar-refractivity contribution < 1.29 is 9.42 Å². The quantitative estimate of drug-likeness (QED) is 0.402. The predicted molar refractivity (Wildman–Crippen MR) is 87.2 cm³/mol. The number of hydrogen-bond acceptors (Lipinski definition) is 2. The van der Waals surface area contributed by atoms with Crippen molar-refractivity contribution in [3.63, 3.8) is 0 Å². The summed E-state index contributed by atoms with van der Waals surface area (Å²) in [6.07, 6.45) is 13.5. The molecule has 1 aliphatic rings. The van der Waals surface area contributed by atoms with Crippen molar-refractivity contribution in [1.82, 2.24) is 0 Å². The van der Waals surface area contributed by atoms with Crippen LogP contribution in [0.25, 0.3) is 0 Å². The molecule has 0 bridgehead atoms. The van der Waals surface area contributed by atoms with Gasteiger partial charge in [-0.15, -0.1) is 0 Å². The molecule has 1 aliphatic carbocycles. The highest BCUT2D eigenvalue weighted by Gasteiger charge is 2.31. The molecule has 0 aromatic rings. The van der Waals surface area contributed by atoms with Gasteiger partial charge < -0.3 is 9.42 Å². The minimum absolute atomic E-state index is 0.629. The first-order valence-electron chi connectivity index (χ1n) is 7.94. The first-order valence-corrected chi connectivity index (χ1v) is 11.1. The molecular weight excluding hydrogens is 275 g/mol. The maximum atomic E-state index is 9.30. The van der Waals surface area contributed by atoms with Gasteiger partial charge in [-0.3, -0.25) is 0 Å². The predicted octanol–water partition coefficient (Wildman–Crippen LogP) is 5.10. The van der Waals surface area contributed by atoms with Crippen LogP contribution in [0.1, 0.15) is 71.1 Å². The molecule has 4 heteroatoms. The van der Waals surface area contributed by atoms with Crippen molar-refractivity contribution >= 4 is 18.3 Å². The van der Waals surface area contributed by atoms with E-state index >= 15 is 0 Å². The van der Waals surface area contributed by atoms with Crippen LogP contribution in [-0.2, 0) is 16.3 Å². The SMILES string of the molecule is CC1CC1CCCCCCCCCCOP(C)(O)=S. The van der Waals surface area contributed by atoms with E-state index in [1.54, 1.807) is 6.66 Å². The van der Waals surface area contributed by atoms with Gasteiger partial charge >= 0.3 is 0 Å². The number of unbranched alkanes of at least 4 members (excludes halogenated alkanes) is 7. The van der Waals surface area contributed by atoms with Crippen LogP contribution in [0.2, 0.25) is 0 Å². The summed E-state index contributed by atoms with van der Waals surface area (Å²) in [6, 6.07) is 0. The van der Waals surface area contributed by atoms with Crippen LogP contribution in [-0.4, -0.2) is 18.2 Å². The van der Waals surface area contributed by atoms with Crippen molar-refractivity contribution in [2.45, 2.75) is 71.1 Å². The fourth-order valence-electron chi connectivity index (χ4n) is 2.60. The van der Waals surface area contributed by atoms with Crippen molar-refractivity contribution in [1.29, 1.82) is 0 Å². The molecule has 0 saturated heterocycles. The lowest BCUT2D eigenvalue weighted by Gasteiger charge is -2.09. The van der Waals surface area contributed by atoms with Crippen molar-refractivity contribution in [2.75, 3.05) is 13.3 Å². The highest BCUT2D eigenvalue weighted by molar-refractivity contribution is 8.09. The lowest BCUT2D eigenvalue weighted by atomic mass is 10.1. The average Bonchev–Trinajstić information content (AvgIpc) is 3.01. The minimum atomic E-state index is -2.41. The monoisotopic (exact) mass is 306 g/mol. The summed E-state index contributed by atoms with van der Waals surface area (Å²) in [5, 5.41) is 0. The topological polar surface area (TPSA) is 29.5 Å². The van der Waals surface area contributed by atoms with E-state index in [4.69, 9.17) is 16.3 Å². The third-order valence-electron chi connectivity index (χ3n) is 4.08. The average molecular weight is 306 g/mol. The summed E-state index contributed by atoms with van der Waals surface area (Å²) in [6.45, 7) is 2.21. The van der Waals surface area contributed by atoms with Crippen LogP contribution in [0.3, 0.4) is 0 Å². The second kappa shape index (κ2) is 9.50. The Kier molecular flexibility index (Phi) is 8.81. The Morgan fingerprint density at radius 1 is 1.05 bits per heavy atom. The minimum Gasteiger partial charge on any atom is -0.345 e. The van der Waals surface area contributed by atoms with Gasteiger partial charge in [-0.2, -0.15) is 0 Å². The van der Waals surface area contributed by atoms with E-state index in [-0.39, 0.29) is 0 Å². The summed E-state index contributed by atoms with van der Waals surface area (Å²) >= 11 is 4.82. The zero-order valence-corrected chi connectivity index (χ0v) is 14.4. The smallest absolute Gasteiger partial charge is 0.183 e. The molecule has 0 heterocycles. The standard InChI is InChI=1S/C15H31O2PS/c1-14-13-15(14)11-9-7-5-3-4-6-8-10-12-17-18(2,16)19/h14-15H,3-13H2,1-2H3,(H,16,19). The van der Waals surface area contributed by atoms with Crippen LogP contribution in [0.15, 0.2) is 0 Å². The molecule has 1 rings (SSSR count). The van der Waals surface area contributed by atoms with E-state index in [0.29, 0.717) is 6.61 Å². The van der Waals surface area contributed by atoms with Gasteiger partial charge in [0, 0.05) is 6.66 Å². The summed E-state index contributed by atoms with van der Waals surface area (Å²) in [5.74, 6) is 2.10. The van der Waals surface area contributed by atoms with Gasteiger partial charge in [-0.1, -0.05) is 58.3 Å². The molecule has 0 aromatic carbocycles. The molecule has 0 spiro atoms. The molecule has 114 valence electrons. The molecule has 0 aromatic heterocycles. The van der Waals surface area contributed by atoms with Crippen LogP contribution in [0.4, 0.5) is 0 Å². The maximum Gasteiger partial charge on any atom is 0.183 e. The van der Waals surface area contributed by atoms with E-state index in [1.807, 2.05) is 0 Å². The fourth-order valence-corrected chi connectivity index (χ4v) is 3.30. The number of hydrogen-bond donors (Lipinski definition) is 1. The van der Waals surface area contributed by atoms with Gasteiger partial charge in [0.05, 0.1) is 6.61 Å². The van der Waals surface area contributed by atoms with Crippen LogP contribution < -0.4 is 0 Å². The van der Waals surface area contributed by atoms with Crippen molar-refractivity contribution in [2.24, 2.45) is 11.8 Å². The zero-order valence-electron chi connectivity index (χ0n) is 12.6. The van der Waals surface area contributed by atoms with Crippen LogP contribution >= 0.6 is 6.49 Å². The van der Waals surface area contributed by atoms with Gasteiger partial charge in [0.2, 0.25) is 0 Å². The zero-order chi connectivity index (χ0) is 14.1. The van der Waals surface area contributed by atoms with E-state index in [0.717, 1.165) is 18.3 Å². The molecule has 1 N–H and O–H groups in total. The summed E-state index contributed by atoms with van der Waals surface area (Å²) in [5.41, 5.74) is 0. The fraction of sp³-hybridized carbons (Fsp3) is 1.00. The molecule has 19 heavy (non-hydrogen) atoms. The molecule has 0 aliphatic heterocycles. The maximum absolute atomic E-state index is 9.30. The van der Waals surface area contributed by atoms with Crippen LogP contribution in [0, 0.1) is 11.8 Å². The summed E-state index contributed by atoms with van der Waals surface area (Å²) in [7, 11) is 0. The molecule has 0 amide bonds. The normalized spacial score (nSPS) is 25.2. The third-order valence-corrected chi connectivity index (χ3v) is 5.05. The summed E-state index contributed by atoms with van der Waals surface area (Å²) in [4.78, 5) is 9.30. The van der Waals surface area contributed by atoms with E-state index in [2.05, 4.69) is 6.92 Å². The van der Waals surface area contributed by atoms with Gasteiger partial charge in [0.1, 0.15) is 0 Å². The Bertz CT molecular complexity index is 277. The molecule has 1 fully saturated rings. The Labute approximate surface area is 124 Å². The Morgan fingerprint density at radius 2 is 1.53 bits per heavy atom. The highest BCUT2D eigenvalue weighted by atomic mass is 32.5. The molecule has 2 nitrogen and oxygen atoms in total.